The molecule has 0 aliphatic rings. The van der Waals surface area contributed by atoms with E-state index in [4.69, 9.17) is 14.8 Å². The number of aromatic nitrogens is 4. The van der Waals surface area contributed by atoms with Gasteiger partial charge in [-0.15, -0.1) is 35.7 Å². The van der Waals surface area contributed by atoms with Gasteiger partial charge in [-0.2, -0.15) is 17.2 Å². The van der Waals surface area contributed by atoms with Crippen LogP contribution in [0.1, 0.15) is 98.6 Å². The van der Waals surface area contributed by atoms with Gasteiger partial charge in [0.2, 0.25) is 0 Å². The number of aryl methyl sites for hydroxylation is 1. The van der Waals surface area contributed by atoms with E-state index in [0.29, 0.717) is 23.3 Å². The van der Waals surface area contributed by atoms with Crippen LogP contribution in [0.25, 0.3) is 44.4 Å². The van der Waals surface area contributed by atoms with Gasteiger partial charge in [0.05, 0.1) is 6.20 Å². The minimum Gasteiger partial charge on any atom is -0.509 e. The monoisotopic (exact) mass is 867 g/mol. The average Bonchev–Trinajstić information content (AvgIpc) is 3.74. The van der Waals surface area contributed by atoms with Crippen molar-refractivity contribution in [2.45, 2.75) is 92.9 Å². The van der Waals surface area contributed by atoms with Gasteiger partial charge in [-0.3, -0.25) is 4.68 Å². The van der Waals surface area contributed by atoms with Crippen LogP contribution in [0, 0.1) is 39.8 Å². The Kier molecular flexibility index (Phi) is 11.2. The summed E-state index contributed by atoms with van der Waals surface area (Å²) in [5.41, 5.74) is 13.7. The molecule has 2 unspecified atom stereocenters. The number of fused-ring (bicyclic) bond motifs is 3. The van der Waals surface area contributed by atoms with Gasteiger partial charge in [0, 0.05) is 35.0 Å². The molecule has 52 heavy (non-hydrogen) atoms. The molecule has 4 aromatic carbocycles. The molecule has 0 amide bonds. The first-order valence-corrected chi connectivity index (χ1v) is 18.5. The van der Waals surface area contributed by atoms with Crippen LogP contribution >= 0.6 is 0 Å². The molecule has 3 heterocycles. The molecule has 0 spiro atoms. The molecular weight excluding hydrogens is 820 g/mol. The van der Waals surface area contributed by atoms with Gasteiger partial charge < -0.3 is 9.30 Å². The van der Waals surface area contributed by atoms with Crippen LogP contribution < -0.4 is 4.74 Å². The fourth-order valence-electron chi connectivity index (χ4n) is 8.05. The standard InChI is InChI=1S/C46H48N4O.Pt/c1-9-14-30(4)44-33(7)32(6)34(8)45(31(5)15-10-2)46(44)35-27-48-49(28-35)36-16-13-17-37(25-36)51-38-20-21-40-39-18-11-12-19-41(39)50(42(40)26-38)43-24-29(3)22-23-47-43;/h11-13,16-24,27-28,30-31H,9-10,14-15H2,1-8H3;/q-2;+2. The number of hydrogen-bond donors (Lipinski definition) is 0. The second kappa shape index (κ2) is 15.6. The zero-order valence-electron chi connectivity index (χ0n) is 31.6. The summed E-state index contributed by atoms with van der Waals surface area (Å²) >= 11 is 0. The third kappa shape index (κ3) is 6.88. The maximum absolute atomic E-state index is 6.46. The first kappa shape index (κ1) is 37.3. The molecule has 0 N–H and O–H groups in total. The summed E-state index contributed by atoms with van der Waals surface area (Å²) in [4.78, 5) is 4.71. The van der Waals surface area contributed by atoms with Crippen LogP contribution in [0.3, 0.4) is 0 Å². The Hall–Kier alpha value is -4.47. The summed E-state index contributed by atoms with van der Waals surface area (Å²) in [7, 11) is 0. The molecule has 0 aliphatic heterocycles. The van der Waals surface area contributed by atoms with Gasteiger partial charge >= 0.3 is 21.1 Å². The minimum absolute atomic E-state index is 0. The van der Waals surface area contributed by atoms with Crippen molar-refractivity contribution in [3.8, 4) is 34.1 Å². The number of benzene rings is 4. The van der Waals surface area contributed by atoms with Crippen molar-refractivity contribution < 1.29 is 25.8 Å². The Bertz CT molecular complexity index is 2330. The number of nitrogens with zero attached hydrogens (tertiary/aromatic N) is 4. The van der Waals surface area contributed by atoms with Crippen LogP contribution in [-0.4, -0.2) is 19.3 Å². The Morgan fingerprint density at radius 2 is 1.44 bits per heavy atom. The van der Waals surface area contributed by atoms with E-state index in [1.807, 2.05) is 47.4 Å². The van der Waals surface area contributed by atoms with Crippen molar-refractivity contribution in [3.63, 3.8) is 0 Å². The summed E-state index contributed by atoms with van der Waals surface area (Å²) in [6.45, 7) is 18.4. The largest absolute Gasteiger partial charge is 2.00 e. The molecule has 3 aromatic heterocycles. The molecule has 268 valence electrons. The summed E-state index contributed by atoms with van der Waals surface area (Å²) < 4.78 is 10.6. The maximum atomic E-state index is 6.46. The fourth-order valence-corrected chi connectivity index (χ4v) is 8.05. The van der Waals surface area contributed by atoms with Crippen molar-refractivity contribution in [1.82, 2.24) is 19.3 Å². The first-order valence-electron chi connectivity index (χ1n) is 18.5. The molecule has 6 heteroatoms. The molecule has 0 fully saturated rings. The fraction of sp³-hybridized carbons (Fsp3) is 0.304. The number of para-hydroxylation sites is 1. The van der Waals surface area contributed by atoms with E-state index in [1.165, 1.54) is 33.4 Å². The van der Waals surface area contributed by atoms with Crippen molar-refractivity contribution in [2.24, 2.45) is 0 Å². The van der Waals surface area contributed by atoms with Crippen molar-refractivity contribution in [3.05, 3.63) is 131 Å². The van der Waals surface area contributed by atoms with Crippen LogP contribution in [0.2, 0.25) is 0 Å². The summed E-state index contributed by atoms with van der Waals surface area (Å²) in [6, 6.07) is 29.6. The van der Waals surface area contributed by atoms with Crippen LogP contribution in [-0.2, 0) is 21.1 Å². The first-order chi connectivity index (χ1) is 24.7. The van der Waals surface area contributed by atoms with E-state index in [2.05, 4.69) is 115 Å². The SMILES string of the molecule is CCCC(C)c1c(C)c(C)c(C)c(C(C)CCC)c1-c1cnn(-c2[c-]c(Oc3[c-]c4c(cc3)c3ccccc3n4-c3cc(C)ccn3)ccc2)c1.[Pt+2]. The van der Waals surface area contributed by atoms with Crippen LogP contribution in [0.15, 0.2) is 85.3 Å². The van der Waals surface area contributed by atoms with Gasteiger partial charge in [0.1, 0.15) is 5.82 Å². The zero-order valence-corrected chi connectivity index (χ0v) is 33.9. The Morgan fingerprint density at radius 3 is 2.13 bits per heavy atom. The van der Waals surface area contributed by atoms with Crippen molar-refractivity contribution in [2.75, 3.05) is 0 Å². The third-order valence-corrected chi connectivity index (χ3v) is 10.7. The van der Waals surface area contributed by atoms with Gasteiger partial charge in [-0.1, -0.05) is 64.3 Å². The Balaban J connectivity index is 0.00000464. The number of hydrogen-bond acceptors (Lipinski definition) is 3. The van der Waals surface area contributed by atoms with Gasteiger partial charge in [-0.25, -0.2) is 4.98 Å². The van der Waals surface area contributed by atoms with E-state index in [9.17, 15) is 0 Å². The molecule has 7 rings (SSSR count). The number of rotatable bonds is 11. The number of ether oxygens (including phenoxy) is 1. The second-order valence-corrected chi connectivity index (χ2v) is 14.3. The van der Waals surface area contributed by atoms with E-state index >= 15 is 0 Å². The molecule has 0 saturated carbocycles. The molecule has 0 radical (unpaired) electrons. The van der Waals surface area contributed by atoms with E-state index < -0.39 is 0 Å². The summed E-state index contributed by atoms with van der Waals surface area (Å²) in [6.07, 6.45) is 10.7. The normalized spacial score (nSPS) is 12.6. The molecule has 0 saturated heterocycles. The van der Waals surface area contributed by atoms with E-state index in [-0.39, 0.29) is 21.1 Å². The van der Waals surface area contributed by atoms with Crippen LogP contribution in [0.4, 0.5) is 0 Å². The Morgan fingerprint density at radius 1 is 0.750 bits per heavy atom. The van der Waals surface area contributed by atoms with Gasteiger partial charge in [0.15, 0.2) is 0 Å². The van der Waals surface area contributed by atoms with Crippen molar-refractivity contribution >= 4 is 21.8 Å². The van der Waals surface area contributed by atoms with Crippen LogP contribution in [0.5, 0.6) is 11.5 Å². The zero-order chi connectivity index (χ0) is 35.8. The molecular formula is C46H48N4OPt. The summed E-state index contributed by atoms with van der Waals surface area (Å²) in [5, 5.41) is 7.17. The predicted octanol–water partition coefficient (Wildman–Crippen LogP) is 12.5. The average molecular weight is 868 g/mol. The van der Waals surface area contributed by atoms with Crippen molar-refractivity contribution in [1.29, 1.82) is 0 Å². The molecule has 0 bridgehead atoms. The topological polar surface area (TPSA) is 44.9 Å². The summed E-state index contributed by atoms with van der Waals surface area (Å²) in [5.74, 6) is 2.99. The van der Waals surface area contributed by atoms with E-state index in [1.54, 1.807) is 0 Å². The van der Waals surface area contributed by atoms with Gasteiger partial charge in [-0.05, 0) is 121 Å². The molecule has 7 aromatic rings. The number of pyridine rings is 1. The molecule has 5 nitrogen and oxygen atoms in total. The van der Waals surface area contributed by atoms with Gasteiger partial charge in [0.25, 0.3) is 0 Å². The molecule has 2 atom stereocenters. The quantitative estimate of drug-likeness (QED) is 0.122. The maximum Gasteiger partial charge on any atom is 2.00 e. The third-order valence-electron chi connectivity index (χ3n) is 10.7. The molecule has 0 aliphatic carbocycles. The second-order valence-electron chi connectivity index (χ2n) is 14.3. The Labute approximate surface area is 323 Å². The minimum atomic E-state index is 0. The van der Waals surface area contributed by atoms with E-state index in [0.717, 1.165) is 70.1 Å². The predicted molar refractivity (Wildman–Crippen MR) is 211 cm³/mol. The smallest absolute Gasteiger partial charge is 0.509 e.